The van der Waals surface area contributed by atoms with Crippen molar-refractivity contribution in [3.63, 3.8) is 0 Å². The molecule has 0 spiro atoms. The molecular weight excluding hydrogens is 374 g/mol. The van der Waals surface area contributed by atoms with Crippen molar-refractivity contribution < 1.29 is 23.9 Å². The van der Waals surface area contributed by atoms with Crippen molar-refractivity contribution in [1.29, 1.82) is 0 Å². The lowest BCUT2D eigenvalue weighted by atomic mass is 10.1. The maximum Gasteiger partial charge on any atom is 0.407 e. The zero-order valence-corrected chi connectivity index (χ0v) is 15.7. The summed E-state index contributed by atoms with van der Waals surface area (Å²) < 4.78 is 5.06. The van der Waals surface area contributed by atoms with Crippen LogP contribution in [0.2, 0.25) is 0 Å². The van der Waals surface area contributed by atoms with Gasteiger partial charge in [-0.1, -0.05) is 42.5 Å². The molecule has 0 radical (unpaired) electrons. The van der Waals surface area contributed by atoms with Gasteiger partial charge in [0.1, 0.15) is 6.61 Å². The van der Waals surface area contributed by atoms with Crippen LogP contribution in [0.15, 0.2) is 54.6 Å². The number of alkyl carbamates (subject to hydrolysis) is 1. The molecule has 29 heavy (non-hydrogen) atoms. The average Bonchev–Trinajstić information content (AvgIpc) is 2.99. The smallest absolute Gasteiger partial charge is 0.407 e. The third-order valence-corrected chi connectivity index (χ3v) is 4.37. The van der Waals surface area contributed by atoms with E-state index >= 15 is 0 Å². The van der Waals surface area contributed by atoms with Crippen molar-refractivity contribution in [2.24, 2.45) is 0 Å². The van der Waals surface area contributed by atoms with Crippen LogP contribution in [0.1, 0.15) is 32.7 Å². The van der Waals surface area contributed by atoms with Crippen molar-refractivity contribution in [3.8, 4) is 0 Å². The Morgan fingerprint density at radius 1 is 0.828 bits per heavy atom. The van der Waals surface area contributed by atoms with E-state index < -0.39 is 6.09 Å². The molecule has 0 aromatic heterocycles. The Kier molecular flexibility index (Phi) is 6.57. The molecule has 4 amide bonds. The van der Waals surface area contributed by atoms with Crippen LogP contribution in [0.5, 0.6) is 0 Å². The van der Waals surface area contributed by atoms with Crippen molar-refractivity contribution in [3.05, 3.63) is 71.3 Å². The summed E-state index contributed by atoms with van der Waals surface area (Å²) in [6.07, 6.45) is -0.585. The monoisotopic (exact) mass is 395 g/mol. The first-order valence-corrected chi connectivity index (χ1v) is 9.22. The molecule has 1 aliphatic heterocycles. The van der Waals surface area contributed by atoms with Crippen LogP contribution in [0, 0.1) is 0 Å². The number of fused-ring (bicyclic) bond motifs is 1. The van der Waals surface area contributed by atoms with E-state index in [0.717, 1.165) is 10.5 Å². The maximum absolute atomic E-state index is 12.2. The van der Waals surface area contributed by atoms with Crippen molar-refractivity contribution in [2.45, 2.75) is 13.0 Å². The highest BCUT2D eigenvalue weighted by Crippen LogP contribution is 2.22. The molecule has 0 fully saturated rings. The molecule has 8 nitrogen and oxygen atoms in total. The van der Waals surface area contributed by atoms with Crippen LogP contribution >= 0.6 is 0 Å². The number of carbonyl (C=O) groups is 4. The Balaban J connectivity index is 1.31. The van der Waals surface area contributed by atoms with Gasteiger partial charge in [0.2, 0.25) is 5.91 Å². The number of benzene rings is 2. The number of amides is 4. The lowest BCUT2D eigenvalue weighted by molar-refractivity contribution is -0.121. The SMILES string of the molecule is O=C(CCN1C(=O)c2ccccc2C1=O)NCCNC(=O)OCc1ccccc1. The van der Waals surface area contributed by atoms with E-state index in [2.05, 4.69) is 10.6 Å². The van der Waals surface area contributed by atoms with E-state index in [4.69, 9.17) is 4.74 Å². The maximum atomic E-state index is 12.2. The van der Waals surface area contributed by atoms with Crippen molar-refractivity contribution in [2.75, 3.05) is 19.6 Å². The fourth-order valence-electron chi connectivity index (χ4n) is 2.88. The first kappa shape index (κ1) is 20.1. The van der Waals surface area contributed by atoms with Crippen molar-refractivity contribution >= 4 is 23.8 Å². The van der Waals surface area contributed by atoms with E-state index in [1.165, 1.54) is 0 Å². The summed E-state index contributed by atoms with van der Waals surface area (Å²) in [6.45, 7) is 0.581. The van der Waals surface area contributed by atoms with Gasteiger partial charge >= 0.3 is 6.09 Å². The average molecular weight is 395 g/mol. The Labute approximate surface area is 167 Å². The van der Waals surface area contributed by atoms with Gasteiger partial charge in [-0.3, -0.25) is 19.3 Å². The number of ether oxygens (including phenoxy) is 1. The summed E-state index contributed by atoms with van der Waals surface area (Å²) in [6, 6.07) is 15.9. The zero-order valence-electron chi connectivity index (χ0n) is 15.7. The second-order valence-corrected chi connectivity index (χ2v) is 6.40. The number of nitrogens with one attached hydrogen (secondary N) is 2. The number of hydrogen-bond donors (Lipinski definition) is 2. The summed E-state index contributed by atoms with van der Waals surface area (Å²) in [4.78, 5) is 49.1. The van der Waals surface area contributed by atoms with Crippen LogP contribution in [0.3, 0.4) is 0 Å². The molecule has 0 bridgehead atoms. The lowest BCUT2D eigenvalue weighted by Crippen LogP contribution is -2.37. The third-order valence-electron chi connectivity index (χ3n) is 4.37. The number of nitrogens with zero attached hydrogens (tertiary/aromatic N) is 1. The van der Waals surface area contributed by atoms with E-state index in [1.54, 1.807) is 24.3 Å². The number of imide groups is 1. The highest BCUT2D eigenvalue weighted by molar-refractivity contribution is 6.21. The summed E-state index contributed by atoms with van der Waals surface area (Å²) in [5.41, 5.74) is 1.59. The van der Waals surface area contributed by atoms with Crippen LogP contribution < -0.4 is 10.6 Å². The predicted octanol–water partition coefficient (Wildman–Crippen LogP) is 1.72. The van der Waals surface area contributed by atoms with E-state index in [9.17, 15) is 19.2 Å². The number of hydrogen-bond acceptors (Lipinski definition) is 5. The van der Waals surface area contributed by atoms with Gasteiger partial charge in [-0.2, -0.15) is 0 Å². The lowest BCUT2D eigenvalue weighted by Gasteiger charge is -2.13. The van der Waals surface area contributed by atoms with Crippen molar-refractivity contribution in [1.82, 2.24) is 15.5 Å². The van der Waals surface area contributed by atoms with Gasteiger partial charge in [0.25, 0.3) is 11.8 Å². The summed E-state index contributed by atoms with van der Waals surface area (Å²) >= 11 is 0. The molecule has 2 N–H and O–H groups in total. The summed E-state index contributed by atoms with van der Waals surface area (Å²) in [7, 11) is 0. The molecule has 8 heteroatoms. The van der Waals surface area contributed by atoms with Gasteiger partial charge in [0.05, 0.1) is 11.1 Å². The van der Waals surface area contributed by atoms with Crippen LogP contribution in [0.25, 0.3) is 0 Å². The minimum Gasteiger partial charge on any atom is -0.445 e. The van der Waals surface area contributed by atoms with E-state index in [0.29, 0.717) is 11.1 Å². The Hall–Kier alpha value is -3.68. The molecule has 150 valence electrons. The quantitative estimate of drug-likeness (QED) is 0.523. The third kappa shape index (κ3) is 5.19. The molecule has 1 heterocycles. The molecular formula is C21H21N3O5. The van der Waals surface area contributed by atoms with Crippen LogP contribution in [-0.4, -0.2) is 48.3 Å². The fourth-order valence-corrected chi connectivity index (χ4v) is 2.88. The topological polar surface area (TPSA) is 105 Å². The minimum atomic E-state index is -0.575. The zero-order chi connectivity index (χ0) is 20.6. The molecule has 0 saturated carbocycles. The molecule has 1 aliphatic rings. The minimum absolute atomic E-state index is 0.00469. The molecule has 0 unspecified atom stereocenters. The van der Waals surface area contributed by atoms with Gasteiger partial charge in [0, 0.05) is 26.1 Å². The summed E-state index contributed by atoms with van der Waals surface area (Å²) in [5, 5.41) is 5.17. The number of carbonyl (C=O) groups excluding carboxylic acids is 4. The molecule has 2 aromatic carbocycles. The van der Waals surface area contributed by atoms with Gasteiger partial charge in [-0.25, -0.2) is 4.79 Å². The fraction of sp³-hybridized carbons (Fsp3) is 0.238. The van der Waals surface area contributed by atoms with Gasteiger partial charge < -0.3 is 15.4 Å². The molecule has 3 rings (SSSR count). The highest BCUT2D eigenvalue weighted by Gasteiger charge is 2.34. The van der Waals surface area contributed by atoms with E-state index in [-0.39, 0.29) is 50.4 Å². The normalized spacial score (nSPS) is 12.5. The largest absolute Gasteiger partial charge is 0.445 e. The van der Waals surface area contributed by atoms with Crippen LogP contribution in [-0.2, 0) is 16.1 Å². The summed E-state index contributed by atoms with van der Waals surface area (Å²) in [5.74, 6) is -1.09. The molecule has 0 saturated heterocycles. The van der Waals surface area contributed by atoms with Gasteiger partial charge in [-0.15, -0.1) is 0 Å². The number of rotatable bonds is 8. The Bertz CT molecular complexity index is 879. The molecule has 0 aliphatic carbocycles. The molecule has 0 atom stereocenters. The second kappa shape index (κ2) is 9.50. The predicted molar refractivity (Wildman–Crippen MR) is 104 cm³/mol. The van der Waals surface area contributed by atoms with E-state index in [1.807, 2.05) is 30.3 Å². The van der Waals surface area contributed by atoms with Gasteiger partial charge in [-0.05, 0) is 17.7 Å². The first-order valence-electron chi connectivity index (χ1n) is 9.22. The second-order valence-electron chi connectivity index (χ2n) is 6.40. The first-order chi connectivity index (χ1) is 14.1. The van der Waals surface area contributed by atoms with Crippen LogP contribution in [0.4, 0.5) is 4.79 Å². The van der Waals surface area contributed by atoms with Gasteiger partial charge in [0.15, 0.2) is 0 Å². The Morgan fingerprint density at radius 2 is 1.41 bits per heavy atom. The highest BCUT2D eigenvalue weighted by atomic mass is 16.5. The standard InChI is InChI=1S/C21H21N3O5/c25-18(10-13-24-19(26)16-8-4-5-9-17(16)20(24)27)22-11-12-23-21(28)29-14-15-6-2-1-3-7-15/h1-9H,10-14H2,(H,22,25)(H,23,28). The Morgan fingerprint density at radius 3 is 2.07 bits per heavy atom. The molecule has 2 aromatic rings.